The summed E-state index contributed by atoms with van der Waals surface area (Å²) in [7, 11) is 0. The Hall–Kier alpha value is 2.54. The van der Waals surface area contributed by atoms with Crippen molar-refractivity contribution in [1.29, 1.82) is 0 Å². The third-order valence-corrected chi connectivity index (χ3v) is 0. The third kappa shape index (κ3) is 8.82. The second kappa shape index (κ2) is 17.7. The van der Waals surface area contributed by atoms with Crippen molar-refractivity contribution < 1.29 is 23.7 Å². The molecule has 0 bridgehead atoms. The predicted octanol–water partition coefficient (Wildman–Crippen LogP) is -1.95. The summed E-state index contributed by atoms with van der Waals surface area (Å²) in [5.41, 5.74) is 0. The van der Waals surface area contributed by atoms with Crippen LogP contribution >= 0.6 is 0 Å². The van der Waals surface area contributed by atoms with Crippen LogP contribution in [-0.4, -0.2) is 60.8 Å². The first-order valence-corrected chi connectivity index (χ1v) is 0.842. The fraction of sp³-hybridized carbons (Fsp3) is 0. The molecule has 0 N–H and O–H groups in total. The standard InChI is InChI=1S/Ca.Mg.O.Ti.4H. The van der Waals surface area contributed by atoms with Crippen molar-refractivity contribution in [1.82, 2.24) is 0 Å². The second-order valence-electron chi connectivity index (χ2n) is 0. The molecule has 4 heavy (non-hydrogen) atoms. The molecule has 0 saturated heterocycles. The zero-order chi connectivity index (χ0) is 2.00. The fourth-order valence-electron chi connectivity index (χ4n) is 0. The monoisotopic (exact) mass is 132 g/mol. The molecule has 0 aliphatic heterocycles. The van der Waals surface area contributed by atoms with E-state index in [1.54, 1.807) is 0 Å². The zero-order valence-electron chi connectivity index (χ0n) is 0.908. The molecule has 0 spiro atoms. The van der Waals surface area contributed by atoms with Gasteiger partial charge in [-0.15, -0.1) is 0 Å². The zero-order valence-corrected chi connectivity index (χ0v) is 2.47. The van der Waals surface area contributed by atoms with Gasteiger partial charge in [0.15, 0.2) is 0 Å². The Balaban J connectivity index is -0.00000000500. The summed E-state index contributed by atoms with van der Waals surface area (Å²) in [4.78, 5) is 0. The normalized spacial score (nSPS) is 0.750. The fourth-order valence-corrected chi connectivity index (χ4v) is 0. The van der Waals surface area contributed by atoms with E-state index in [0.29, 0.717) is 0 Å². The molecule has 0 radical (unpaired) electrons. The van der Waals surface area contributed by atoms with Crippen molar-refractivity contribution >= 4 is 60.8 Å². The molecule has 0 rings (SSSR count). The molecule has 0 saturated carbocycles. The van der Waals surface area contributed by atoms with E-state index in [1.807, 2.05) is 0 Å². The molecular weight excluding hydrogens is 128 g/mol. The van der Waals surface area contributed by atoms with Crippen molar-refractivity contribution in [3.63, 3.8) is 0 Å². The Bertz CT molecular complexity index is 8.00. The molecule has 1 nitrogen and oxygen atoms in total. The average Bonchev–Trinajstić information content (AvgIpc) is 1.00. The van der Waals surface area contributed by atoms with Crippen molar-refractivity contribution in [2.75, 3.05) is 0 Å². The van der Waals surface area contributed by atoms with Crippen LogP contribution in [0.5, 0.6) is 0 Å². The summed E-state index contributed by atoms with van der Waals surface area (Å²) < 4.78 is 8.25. The van der Waals surface area contributed by atoms with Crippen LogP contribution in [0.15, 0.2) is 0 Å². The van der Waals surface area contributed by atoms with E-state index in [2.05, 4.69) is 0 Å². The first-order valence-electron chi connectivity index (χ1n) is 0.204. The van der Waals surface area contributed by atoms with E-state index < -0.39 is 0 Å². The number of rotatable bonds is 0. The van der Waals surface area contributed by atoms with Gasteiger partial charge in [0.2, 0.25) is 0 Å². The van der Waals surface area contributed by atoms with Gasteiger partial charge in [-0.25, -0.2) is 0 Å². The first-order chi connectivity index (χ1) is 1.00. The molecule has 0 unspecified atom stereocenters. The van der Waals surface area contributed by atoms with Gasteiger partial charge in [-0.05, 0) is 0 Å². The Morgan fingerprint density at radius 3 is 1.25 bits per heavy atom. The molecule has 0 aromatic rings. The van der Waals surface area contributed by atoms with E-state index in [0.717, 1.165) is 20.4 Å². The maximum atomic E-state index is 8.25. The molecular formula is H4CaMgOTi. The van der Waals surface area contributed by atoms with Crippen molar-refractivity contribution in [3.8, 4) is 0 Å². The molecule has 0 aliphatic carbocycles. The molecule has 0 aliphatic rings. The average molecular weight is 132 g/mol. The SMILES string of the molecule is [CaH2].[MgH2].[O]=[Ti]. The van der Waals surface area contributed by atoms with Crippen LogP contribution in [0.25, 0.3) is 0 Å². The van der Waals surface area contributed by atoms with Gasteiger partial charge >= 0.3 is 84.5 Å². The Kier molecular flexibility index (Phi) is 70.9. The quantitative estimate of drug-likeness (QED) is 0.350. The van der Waals surface area contributed by atoms with Crippen molar-refractivity contribution in [2.45, 2.75) is 0 Å². The van der Waals surface area contributed by atoms with E-state index >= 15 is 0 Å². The van der Waals surface area contributed by atoms with Crippen LogP contribution in [0, 0.1) is 0 Å². The van der Waals surface area contributed by atoms with Crippen molar-refractivity contribution in [3.05, 3.63) is 0 Å². The minimum atomic E-state index is 0. The van der Waals surface area contributed by atoms with Crippen LogP contribution in [0.3, 0.4) is 0 Å². The topological polar surface area (TPSA) is 17.1 Å². The number of hydrogen-bond donors (Lipinski definition) is 0. The summed E-state index contributed by atoms with van der Waals surface area (Å²) in [6.45, 7) is 0. The van der Waals surface area contributed by atoms with E-state index in [4.69, 9.17) is 3.32 Å². The Morgan fingerprint density at radius 1 is 1.25 bits per heavy atom. The number of hydrogen-bond acceptors (Lipinski definition) is 1. The van der Waals surface area contributed by atoms with Crippen LogP contribution < -0.4 is 0 Å². The Labute approximate surface area is 82.8 Å². The van der Waals surface area contributed by atoms with Gasteiger partial charge in [0, 0.05) is 0 Å². The van der Waals surface area contributed by atoms with Gasteiger partial charge in [-0.1, -0.05) is 0 Å². The molecule has 0 atom stereocenters. The van der Waals surface area contributed by atoms with Crippen molar-refractivity contribution in [2.24, 2.45) is 0 Å². The molecule has 0 fully saturated rings. The van der Waals surface area contributed by atoms with Crippen LogP contribution in [0.1, 0.15) is 0 Å². The van der Waals surface area contributed by atoms with Gasteiger partial charge < -0.3 is 0 Å². The van der Waals surface area contributed by atoms with Crippen LogP contribution in [-0.2, 0) is 23.7 Å². The summed E-state index contributed by atoms with van der Waals surface area (Å²) in [6, 6.07) is 0. The first kappa shape index (κ1) is 16.0. The van der Waals surface area contributed by atoms with Gasteiger partial charge in [-0.3, -0.25) is 0 Å². The maximum absolute atomic E-state index is 8.25. The molecule has 4 heteroatoms. The molecule has 0 heterocycles. The minimum absolute atomic E-state index is 0. The summed E-state index contributed by atoms with van der Waals surface area (Å²) in [5, 5.41) is 0. The Morgan fingerprint density at radius 2 is 1.25 bits per heavy atom. The van der Waals surface area contributed by atoms with Gasteiger partial charge in [-0.2, -0.15) is 0 Å². The molecule has 0 aromatic carbocycles. The molecule has 0 aromatic heterocycles. The van der Waals surface area contributed by atoms with E-state index in [1.165, 1.54) is 0 Å². The van der Waals surface area contributed by atoms with Gasteiger partial charge in [0.05, 0.1) is 0 Å². The van der Waals surface area contributed by atoms with E-state index in [9.17, 15) is 0 Å². The van der Waals surface area contributed by atoms with Crippen LogP contribution in [0.4, 0.5) is 0 Å². The van der Waals surface area contributed by atoms with Gasteiger partial charge in [0.1, 0.15) is 0 Å². The third-order valence-electron chi connectivity index (χ3n) is 0. The van der Waals surface area contributed by atoms with E-state index in [-0.39, 0.29) is 60.8 Å². The van der Waals surface area contributed by atoms with Crippen LogP contribution in [0.2, 0.25) is 0 Å². The second-order valence-corrected chi connectivity index (χ2v) is 0. The predicted molar refractivity (Wildman–Crippen MR) is 17.8 cm³/mol. The summed E-state index contributed by atoms with van der Waals surface area (Å²) >= 11 is 0.750. The molecule has 0 amide bonds. The van der Waals surface area contributed by atoms with Gasteiger partial charge in [0.25, 0.3) is 0 Å². The molecule has 18 valence electrons. The summed E-state index contributed by atoms with van der Waals surface area (Å²) in [6.07, 6.45) is 0. The summed E-state index contributed by atoms with van der Waals surface area (Å²) in [5.74, 6) is 0.